The number of hydrogen-bond donors (Lipinski definition) is 0. The predicted octanol–water partition coefficient (Wildman–Crippen LogP) is 4.31. The van der Waals surface area contributed by atoms with E-state index in [1.54, 1.807) is 4.90 Å². The highest BCUT2D eigenvalue weighted by atomic mass is 35.5. The monoisotopic (exact) mass is 487 g/mol. The first-order valence-electron chi connectivity index (χ1n) is 9.75. The minimum Gasteiger partial charge on any atom is -0.353 e. The summed E-state index contributed by atoms with van der Waals surface area (Å²) in [4.78, 5) is 20.7. The first-order chi connectivity index (χ1) is 14.4. The average Bonchev–Trinajstić information content (AvgIpc) is 2.65. The molecule has 0 radical (unpaired) electrons. The molecule has 1 fully saturated rings. The molecule has 1 aromatic heterocycles. The molecule has 0 bridgehead atoms. The van der Waals surface area contributed by atoms with E-state index in [9.17, 15) is 17.6 Å². The molecule has 0 unspecified atom stereocenters. The molecule has 1 aliphatic heterocycles. The number of anilines is 1. The van der Waals surface area contributed by atoms with Gasteiger partial charge in [-0.25, -0.2) is 17.8 Å². The van der Waals surface area contributed by atoms with Crippen LogP contribution in [-0.4, -0.2) is 56.1 Å². The minimum absolute atomic E-state index is 0.0134. The molecule has 1 saturated heterocycles. The molecule has 3 rings (SSSR count). The summed E-state index contributed by atoms with van der Waals surface area (Å²) in [7, 11) is -3.53. The van der Waals surface area contributed by atoms with Gasteiger partial charge in [0.2, 0.25) is 0 Å². The Morgan fingerprint density at radius 2 is 1.74 bits per heavy atom. The van der Waals surface area contributed by atoms with Gasteiger partial charge in [-0.3, -0.25) is 4.79 Å². The number of rotatable bonds is 4. The summed E-state index contributed by atoms with van der Waals surface area (Å²) in [6.45, 7) is 7.22. The van der Waals surface area contributed by atoms with Gasteiger partial charge in [0.15, 0.2) is 9.84 Å². The number of hydrogen-bond acceptors (Lipinski definition) is 5. The van der Waals surface area contributed by atoms with Crippen LogP contribution in [-0.2, 0) is 9.84 Å². The zero-order valence-electron chi connectivity index (χ0n) is 17.5. The Morgan fingerprint density at radius 1 is 1.10 bits per heavy atom. The van der Waals surface area contributed by atoms with Crippen LogP contribution < -0.4 is 4.90 Å². The van der Waals surface area contributed by atoms with E-state index in [0.29, 0.717) is 32.0 Å². The highest BCUT2D eigenvalue weighted by Crippen LogP contribution is 2.27. The quantitative estimate of drug-likeness (QED) is 0.600. The van der Waals surface area contributed by atoms with Crippen LogP contribution in [0, 0.1) is 11.2 Å². The fourth-order valence-electron chi connectivity index (χ4n) is 3.43. The highest BCUT2D eigenvalue weighted by molar-refractivity contribution is 7.91. The third kappa shape index (κ3) is 5.87. The molecule has 10 heteroatoms. The molecule has 1 aromatic carbocycles. The molecule has 1 aliphatic rings. The molecular weight excluding hydrogens is 464 g/mol. The van der Waals surface area contributed by atoms with Gasteiger partial charge in [-0.1, -0.05) is 44.0 Å². The first-order valence-corrected chi connectivity index (χ1v) is 12.2. The van der Waals surface area contributed by atoms with E-state index < -0.39 is 21.1 Å². The maximum Gasteiger partial charge on any atom is 0.255 e. The van der Waals surface area contributed by atoms with E-state index in [2.05, 4.69) is 4.98 Å². The van der Waals surface area contributed by atoms with Crippen molar-refractivity contribution in [3.05, 3.63) is 51.9 Å². The number of carbonyl (C=O) groups excluding carboxylic acids is 1. The number of nitrogens with zero attached hydrogens (tertiary/aromatic N) is 3. The minimum atomic E-state index is -3.53. The molecule has 168 valence electrons. The molecule has 2 heterocycles. The van der Waals surface area contributed by atoms with Crippen LogP contribution in [0.5, 0.6) is 0 Å². The molecule has 31 heavy (non-hydrogen) atoms. The highest BCUT2D eigenvalue weighted by Gasteiger charge is 2.28. The smallest absolute Gasteiger partial charge is 0.255 e. The summed E-state index contributed by atoms with van der Waals surface area (Å²) in [5.74, 6) is -0.347. The van der Waals surface area contributed by atoms with Crippen molar-refractivity contribution in [1.29, 1.82) is 0 Å². The van der Waals surface area contributed by atoms with Crippen LogP contribution >= 0.6 is 23.2 Å². The first kappa shape index (κ1) is 23.8. The van der Waals surface area contributed by atoms with Crippen LogP contribution in [0.15, 0.2) is 35.2 Å². The number of pyridine rings is 1. The van der Waals surface area contributed by atoms with E-state index in [1.807, 2.05) is 25.7 Å². The van der Waals surface area contributed by atoms with Crippen molar-refractivity contribution in [3.8, 4) is 0 Å². The number of benzene rings is 1. The van der Waals surface area contributed by atoms with Crippen LogP contribution in [0.2, 0.25) is 10.2 Å². The summed E-state index contributed by atoms with van der Waals surface area (Å²) in [6.07, 6.45) is 0. The molecule has 6 nitrogen and oxygen atoms in total. The lowest BCUT2D eigenvalue weighted by Crippen LogP contribution is -2.49. The fraction of sp³-hybridized carbons (Fsp3) is 0.429. The zero-order chi connectivity index (χ0) is 23.0. The largest absolute Gasteiger partial charge is 0.353 e. The van der Waals surface area contributed by atoms with Crippen LogP contribution in [0.4, 0.5) is 10.2 Å². The van der Waals surface area contributed by atoms with Gasteiger partial charge in [0, 0.05) is 26.2 Å². The fourth-order valence-corrected chi connectivity index (χ4v) is 5.83. The van der Waals surface area contributed by atoms with Gasteiger partial charge in [0.25, 0.3) is 5.91 Å². The van der Waals surface area contributed by atoms with E-state index in [-0.39, 0.29) is 32.3 Å². The van der Waals surface area contributed by atoms with Crippen molar-refractivity contribution in [2.24, 2.45) is 5.41 Å². The van der Waals surface area contributed by atoms with Gasteiger partial charge in [-0.15, -0.1) is 0 Å². The zero-order valence-corrected chi connectivity index (χ0v) is 19.9. The Hall–Kier alpha value is -1.90. The Kier molecular flexibility index (Phi) is 6.84. The van der Waals surface area contributed by atoms with E-state index in [0.717, 1.165) is 6.07 Å². The molecule has 0 atom stereocenters. The molecule has 0 spiro atoms. The number of piperazine rings is 1. The van der Waals surface area contributed by atoms with E-state index in [4.69, 9.17) is 23.2 Å². The molecule has 0 N–H and O–H groups in total. The second kappa shape index (κ2) is 8.92. The Morgan fingerprint density at radius 3 is 2.32 bits per heavy atom. The lowest BCUT2D eigenvalue weighted by atomic mass is 10.0. The number of sulfone groups is 1. The lowest BCUT2D eigenvalue weighted by Gasteiger charge is -2.35. The van der Waals surface area contributed by atoms with Gasteiger partial charge in [0.1, 0.15) is 16.8 Å². The third-order valence-corrected chi connectivity index (χ3v) is 7.49. The second-order valence-electron chi connectivity index (χ2n) is 8.71. The Bertz CT molecular complexity index is 1100. The molecule has 0 aliphatic carbocycles. The summed E-state index contributed by atoms with van der Waals surface area (Å²) >= 11 is 12.1. The van der Waals surface area contributed by atoms with Crippen LogP contribution in [0.3, 0.4) is 0 Å². The van der Waals surface area contributed by atoms with Gasteiger partial charge in [-0.05, 0) is 35.7 Å². The van der Waals surface area contributed by atoms with E-state index >= 15 is 0 Å². The maximum absolute atomic E-state index is 13.3. The standard InChI is InChI=1S/C21H24Cl2FN3O3S/c1-21(2,3)13-31(29,30)15-11-18(23)25-19(12-15)26-6-8-27(9-7-26)20(28)16-5-4-14(24)10-17(16)22/h4-5,10-12H,6-9,13H2,1-3H3. The summed E-state index contributed by atoms with van der Waals surface area (Å²) < 4.78 is 38.8. The van der Waals surface area contributed by atoms with Crippen molar-refractivity contribution in [2.45, 2.75) is 25.7 Å². The second-order valence-corrected chi connectivity index (χ2v) is 11.5. The normalized spacial score (nSPS) is 15.3. The topological polar surface area (TPSA) is 70.6 Å². The SMILES string of the molecule is CC(C)(C)CS(=O)(=O)c1cc(Cl)nc(N2CCN(C(=O)c3ccc(F)cc3Cl)CC2)c1. The van der Waals surface area contributed by atoms with E-state index in [1.165, 1.54) is 24.3 Å². The predicted molar refractivity (Wildman–Crippen MR) is 120 cm³/mol. The summed E-state index contributed by atoms with van der Waals surface area (Å²) in [5.41, 5.74) is -0.157. The number of aromatic nitrogens is 1. The Balaban J connectivity index is 1.75. The lowest BCUT2D eigenvalue weighted by molar-refractivity contribution is 0.0746. The van der Waals surface area contributed by atoms with Crippen molar-refractivity contribution < 1.29 is 17.6 Å². The summed E-state index contributed by atoms with van der Waals surface area (Å²) in [5, 5.41) is 0.166. The molecule has 2 aromatic rings. The van der Waals surface area contributed by atoms with Crippen molar-refractivity contribution in [3.63, 3.8) is 0 Å². The number of halogens is 3. The van der Waals surface area contributed by atoms with Crippen LogP contribution in [0.25, 0.3) is 0 Å². The van der Waals surface area contributed by atoms with Crippen molar-refractivity contribution >= 4 is 44.8 Å². The molecule has 1 amide bonds. The average molecular weight is 488 g/mol. The number of carbonyl (C=O) groups is 1. The third-order valence-electron chi connectivity index (χ3n) is 4.79. The maximum atomic E-state index is 13.3. The van der Waals surface area contributed by atoms with Crippen LogP contribution in [0.1, 0.15) is 31.1 Å². The van der Waals surface area contributed by atoms with Gasteiger partial charge in [0.05, 0.1) is 21.2 Å². The summed E-state index contributed by atoms with van der Waals surface area (Å²) in [6, 6.07) is 6.58. The molecular formula is C21H24Cl2FN3O3S. The van der Waals surface area contributed by atoms with Gasteiger partial charge < -0.3 is 9.80 Å². The molecule has 0 saturated carbocycles. The van der Waals surface area contributed by atoms with Gasteiger partial charge >= 0.3 is 0 Å². The van der Waals surface area contributed by atoms with Crippen molar-refractivity contribution in [2.75, 3.05) is 36.8 Å². The van der Waals surface area contributed by atoms with Crippen molar-refractivity contribution in [1.82, 2.24) is 9.88 Å². The van der Waals surface area contributed by atoms with Gasteiger partial charge in [-0.2, -0.15) is 0 Å². The Labute approximate surface area is 191 Å². The number of amides is 1.